The topological polar surface area (TPSA) is 94.9 Å². The normalized spacial score (nSPS) is 18.8. The molecule has 1 saturated heterocycles. The predicted octanol–water partition coefficient (Wildman–Crippen LogP) is 3.14. The van der Waals surface area contributed by atoms with Crippen LogP contribution in [0.3, 0.4) is 0 Å². The number of anilines is 1. The molecule has 0 bridgehead atoms. The number of piperidine rings is 1. The molecule has 3 heterocycles. The van der Waals surface area contributed by atoms with Crippen LogP contribution in [0.4, 0.5) is 18.9 Å². The average Bonchev–Trinajstić information content (AvgIpc) is 3.04. The summed E-state index contributed by atoms with van der Waals surface area (Å²) < 4.78 is 45.4. The highest BCUT2D eigenvalue weighted by Gasteiger charge is 2.48. The first-order chi connectivity index (χ1) is 15.6. The first kappa shape index (κ1) is 23.7. The summed E-state index contributed by atoms with van der Waals surface area (Å²) in [7, 11) is 0. The summed E-state index contributed by atoms with van der Waals surface area (Å²) in [6.45, 7) is 0.958. The zero-order chi connectivity index (χ0) is 23.8. The third-order valence-corrected chi connectivity index (χ3v) is 6.49. The number of pyridine rings is 1. The molecule has 1 atom stereocenters. The SMILES string of the molecule is O=C1Nc2ccc(Cl)cc2C12CCN(CCOc1cnc(C(O)CO)c(C(F)(F)F)c1)CC2. The minimum absolute atomic E-state index is 0.0356. The van der Waals surface area contributed by atoms with Crippen LogP contribution in [0.25, 0.3) is 0 Å². The van der Waals surface area contributed by atoms with Crippen molar-refractivity contribution in [1.29, 1.82) is 0 Å². The summed E-state index contributed by atoms with van der Waals surface area (Å²) >= 11 is 6.14. The molecule has 2 aliphatic rings. The summed E-state index contributed by atoms with van der Waals surface area (Å²) in [5.41, 5.74) is -0.720. The molecule has 0 saturated carbocycles. The number of halogens is 4. The standard InChI is InChI=1S/C22H23ClF3N3O4/c23-13-1-2-17-15(9-13)21(20(32)28-17)3-5-29(6-4-21)7-8-33-14-10-16(22(24,25)26)19(27-11-14)18(31)12-30/h1-2,9-11,18,30-31H,3-8,12H2,(H,28,32). The number of nitrogens with one attached hydrogen (secondary N) is 1. The first-order valence-electron chi connectivity index (χ1n) is 10.5. The van der Waals surface area contributed by atoms with E-state index in [0.717, 1.165) is 23.5 Å². The highest BCUT2D eigenvalue weighted by Crippen LogP contribution is 2.45. The van der Waals surface area contributed by atoms with Crippen LogP contribution in [-0.4, -0.2) is 58.9 Å². The summed E-state index contributed by atoms with van der Waals surface area (Å²) in [5.74, 6) is -0.116. The lowest BCUT2D eigenvalue weighted by Gasteiger charge is -2.38. The minimum Gasteiger partial charge on any atom is -0.491 e. The lowest BCUT2D eigenvalue weighted by molar-refractivity contribution is -0.140. The number of hydrogen-bond donors (Lipinski definition) is 3. The van der Waals surface area contributed by atoms with E-state index in [2.05, 4.69) is 15.2 Å². The van der Waals surface area contributed by atoms with Crippen LogP contribution in [0.15, 0.2) is 30.5 Å². The number of likely N-dealkylation sites (tertiary alicyclic amines) is 1. The molecule has 33 heavy (non-hydrogen) atoms. The van der Waals surface area contributed by atoms with E-state index < -0.39 is 35.6 Å². The fourth-order valence-electron chi connectivity index (χ4n) is 4.45. The number of aliphatic hydroxyl groups is 2. The number of alkyl halides is 3. The molecular weight excluding hydrogens is 463 g/mol. The van der Waals surface area contributed by atoms with Gasteiger partial charge in [0.1, 0.15) is 18.5 Å². The minimum atomic E-state index is -4.75. The molecule has 0 radical (unpaired) electrons. The van der Waals surface area contributed by atoms with Crippen LogP contribution in [0.1, 0.15) is 35.8 Å². The fraction of sp³-hybridized carbons (Fsp3) is 0.455. The molecule has 3 N–H and O–H groups in total. The van der Waals surface area contributed by atoms with Crippen molar-refractivity contribution in [3.63, 3.8) is 0 Å². The van der Waals surface area contributed by atoms with Gasteiger partial charge in [0.25, 0.3) is 0 Å². The number of hydrogen-bond acceptors (Lipinski definition) is 6. The molecule has 7 nitrogen and oxygen atoms in total. The van der Waals surface area contributed by atoms with E-state index in [9.17, 15) is 23.1 Å². The number of amides is 1. The molecule has 2 aromatic rings. The second-order valence-electron chi connectivity index (χ2n) is 8.22. The summed E-state index contributed by atoms with van der Waals surface area (Å²) in [4.78, 5) is 18.4. The van der Waals surface area contributed by atoms with Gasteiger partial charge in [-0.1, -0.05) is 11.6 Å². The van der Waals surface area contributed by atoms with Crippen molar-refractivity contribution in [2.45, 2.75) is 30.5 Å². The van der Waals surface area contributed by atoms with Gasteiger partial charge in [-0.15, -0.1) is 0 Å². The van der Waals surface area contributed by atoms with Crippen molar-refractivity contribution >= 4 is 23.2 Å². The van der Waals surface area contributed by atoms with Crippen LogP contribution in [0.2, 0.25) is 5.02 Å². The van der Waals surface area contributed by atoms with E-state index in [1.54, 1.807) is 12.1 Å². The van der Waals surface area contributed by atoms with Crippen LogP contribution in [0.5, 0.6) is 5.75 Å². The third-order valence-electron chi connectivity index (χ3n) is 6.25. The van der Waals surface area contributed by atoms with Gasteiger partial charge in [-0.3, -0.25) is 14.7 Å². The molecule has 1 aromatic heterocycles. The van der Waals surface area contributed by atoms with Crippen molar-refractivity contribution in [2.75, 3.05) is 38.2 Å². The molecule has 1 aromatic carbocycles. The monoisotopic (exact) mass is 485 g/mol. The van der Waals surface area contributed by atoms with Crippen molar-refractivity contribution in [3.8, 4) is 5.75 Å². The van der Waals surface area contributed by atoms with Gasteiger partial charge in [0.05, 0.1) is 29.5 Å². The molecule has 4 rings (SSSR count). The molecule has 1 spiro atoms. The Morgan fingerprint density at radius 2 is 2.00 bits per heavy atom. The Bertz CT molecular complexity index is 1040. The maximum atomic E-state index is 13.3. The van der Waals surface area contributed by atoms with Gasteiger partial charge in [0, 0.05) is 17.3 Å². The fourth-order valence-corrected chi connectivity index (χ4v) is 4.62. The largest absolute Gasteiger partial charge is 0.491 e. The van der Waals surface area contributed by atoms with Crippen LogP contribution >= 0.6 is 11.6 Å². The number of fused-ring (bicyclic) bond motifs is 2. The highest BCUT2D eigenvalue weighted by atomic mass is 35.5. The van der Waals surface area contributed by atoms with Crippen molar-refractivity contribution in [1.82, 2.24) is 9.88 Å². The average molecular weight is 486 g/mol. The van der Waals surface area contributed by atoms with E-state index in [-0.39, 0.29) is 18.3 Å². The Labute approximate surface area is 193 Å². The van der Waals surface area contributed by atoms with E-state index in [1.807, 2.05) is 6.07 Å². The number of ether oxygens (including phenoxy) is 1. The molecule has 1 fully saturated rings. The van der Waals surface area contributed by atoms with E-state index in [1.165, 1.54) is 0 Å². The highest BCUT2D eigenvalue weighted by molar-refractivity contribution is 6.31. The van der Waals surface area contributed by atoms with Crippen LogP contribution in [-0.2, 0) is 16.4 Å². The molecule has 0 aliphatic carbocycles. The van der Waals surface area contributed by atoms with Gasteiger partial charge in [0.15, 0.2) is 0 Å². The maximum absolute atomic E-state index is 13.3. The Kier molecular flexibility index (Phi) is 6.54. The summed E-state index contributed by atoms with van der Waals surface area (Å²) in [6.07, 6.45) is -4.19. The number of benzene rings is 1. The van der Waals surface area contributed by atoms with Gasteiger partial charge in [-0.2, -0.15) is 13.2 Å². The zero-order valence-corrected chi connectivity index (χ0v) is 18.3. The Balaban J connectivity index is 1.36. The quantitative estimate of drug-likeness (QED) is 0.582. The van der Waals surface area contributed by atoms with Crippen LogP contribution in [0, 0.1) is 0 Å². The first-order valence-corrected chi connectivity index (χ1v) is 10.8. The van der Waals surface area contributed by atoms with E-state index in [0.29, 0.717) is 37.5 Å². The van der Waals surface area contributed by atoms with Crippen molar-refractivity contribution < 1.29 is 32.9 Å². The lowest BCUT2D eigenvalue weighted by atomic mass is 9.73. The molecule has 178 valence electrons. The number of carbonyl (C=O) groups excluding carboxylic acids is 1. The zero-order valence-electron chi connectivity index (χ0n) is 17.5. The second kappa shape index (κ2) is 9.09. The number of nitrogens with zero attached hydrogens (tertiary/aromatic N) is 2. The van der Waals surface area contributed by atoms with Gasteiger partial charge in [0.2, 0.25) is 5.91 Å². The molecule has 1 unspecified atom stereocenters. The smallest absolute Gasteiger partial charge is 0.418 e. The van der Waals surface area contributed by atoms with Crippen LogP contribution < -0.4 is 10.1 Å². The van der Waals surface area contributed by atoms with Crippen molar-refractivity contribution in [3.05, 3.63) is 52.3 Å². The third kappa shape index (κ3) is 4.65. The Morgan fingerprint density at radius 3 is 2.67 bits per heavy atom. The number of carbonyl (C=O) groups is 1. The van der Waals surface area contributed by atoms with E-state index in [4.69, 9.17) is 21.4 Å². The summed E-state index contributed by atoms with van der Waals surface area (Å²) in [6, 6.07) is 6.15. The number of aliphatic hydroxyl groups excluding tert-OH is 2. The van der Waals surface area contributed by atoms with Gasteiger partial charge < -0.3 is 20.3 Å². The predicted molar refractivity (Wildman–Crippen MR) is 114 cm³/mol. The van der Waals surface area contributed by atoms with Gasteiger partial charge in [-0.05, 0) is 55.8 Å². The van der Waals surface area contributed by atoms with E-state index >= 15 is 0 Å². The number of aromatic nitrogens is 1. The van der Waals surface area contributed by atoms with Crippen molar-refractivity contribution in [2.24, 2.45) is 0 Å². The maximum Gasteiger partial charge on any atom is 0.418 e. The number of rotatable bonds is 6. The Hall–Kier alpha value is -2.40. The second-order valence-corrected chi connectivity index (χ2v) is 8.65. The Morgan fingerprint density at radius 1 is 1.27 bits per heavy atom. The molecule has 1 amide bonds. The molecule has 11 heteroatoms. The van der Waals surface area contributed by atoms with Gasteiger partial charge >= 0.3 is 6.18 Å². The summed E-state index contributed by atoms with van der Waals surface area (Å²) in [5, 5.41) is 22.1. The molecule has 2 aliphatic heterocycles. The molecular formula is C22H23ClF3N3O4. The van der Waals surface area contributed by atoms with Gasteiger partial charge in [-0.25, -0.2) is 0 Å². The lowest BCUT2D eigenvalue weighted by Crippen LogP contribution is -2.47.